The van der Waals surface area contributed by atoms with Crippen molar-refractivity contribution in [2.24, 2.45) is 0 Å². The van der Waals surface area contributed by atoms with Crippen LogP contribution in [0.2, 0.25) is 0 Å². The number of anilines is 2. The molecule has 9 rings (SSSR count). The summed E-state index contributed by atoms with van der Waals surface area (Å²) in [6, 6.07) is 30.8. The van der Waals surface area contributed by atoms with E-state index >= 15 is 0 Å². The van der Waals surface area contributed by atoms with Gasteiger partial charge >= 0.3 is 24.7 Å². The maximum absolute atomic E-state index is 14.7. The van der Waals surface area contributed by atoms with Gasteiger partial charge < -0.3 is 20.1 Å². The van der Waals surface area contributed by atoms with E-state index in [1.54, 1.807) is 24.3 Å². The van der Waals surface area contributed by atoms with E-state index in [0.717, 1.165) is 48.5 Å². The summed E-state index contributed by atoms with van der Waals surface area (Å²) < 4.78 is 182. The zero-order valence-corrected chi connectivity index (χ0v) is 36.8. The van der Waals surface area contributed by atoms with E-state index in [4.69, 9.17) is 9.47 Å². The number of benzene rings is 7. The van der Waals surface area contributed by atoms with E-state index in [9.17, 15) is 73.7 Å². The van der Waals surface area contributed by atoms with Crippen LogP contribution in [0.15, 0.2) is 156 Å². The van der Waals surface area contributed by atoms with E-state index in [0.29, 0.717) is 24.3 Å². The Morgan fingerprint density at radius 3 is 0.946 bits per heavy atom. The number of halogens is 12. The number of rotatable bonds is 6. The molecule has 7 aromatic rings. The summed E-state index contributed by atoms with van der Waals surface area (Å²) in [5.74, 6) is -1.50. The second-order valence-corrected chi connectivity index (χ2v) is 16.3. The molecule has 0 bridgehead atoms. The molecule has 0 fully saturated rings. The number of nitrogens with one attached hydrogen (secondary N) is 2. The Kier molecular flexibility index (Phi) is 12.1. The maximum Gasteiger partial charge on any atom is 0.416 e. The molecule has 20 heteroatoms. The average molecular weight is 1020 g/mol. The molecule has 0 radical (unpaired) electrons. The Morgan fingerprint density at radius 1 is 0.351 bits per heavy atom. The number of fused-ring (bicyclic) bond motifs is 2. The highest BCUT2D eigenvalue weighted by atomic mass is 19.4. The Hall–Kier alpha value is -9.66. The van der Waals surface area contributed by atoms with Crippen LogP contribution in [0.25, 0.3) is 66.8 Å². The Balaban J connectivity index is 1.34. The molecule has 0 atom stereocenters. The van der Waals surface area contributed by atoms with Gasteiger partial charge in [0, 0.05) is 0 Å². The first-order valence-corrected chi connectivity index (χ1v) is 21.2. The van der Waals surface area contributed by atoms with E-state index in [-0.39, 0.29) is 89.6 Å². The van der Waals surface area contributed by atoms with Crippen LogP contribution in [0.1, 0.15) is 22.3 Å². The molecule has 0 amide bonds. The second kappa shape index (κ2) is 18.2. The summed E-state index contributed by atoms with van der Waals surface area (Å²) in [4.78, 5) is 0. The first kappa shape index (κ1) is 49.3. The lowest BCUT2D eigenvalue weighted by Crippen LogP contribution is -2.06. The van der Waals surface area contributed by atoms with Crippen molar-refractivity contribution in [1.82, 2.24) is 0 Å². The number of alkyl halides is 12. The number of nitrogens with zero attached hydrogens (tertiary/aromatic N) is 4. The largest absolute Gasteiger partial charge is 0.436 e. The minimum atomic E-state index is -5.00. The maximum atomic E-state index is 14.7. The van der Waals surface area contributed by atoms with Crippen molar-refractivity contribution in [3.63, 3.8) is 0 Å². The van der Waals surface area contributed by atoms with Gasteiger partial charge in [-0.05, 0) is 116 Å². The molecule has 7 aromatic carbocycles. The molecule has 8 nitrogen and oxygen atoms in total. The van der Waals surface area contributed by atoms with E-state index in [1.165, 1.54) is 60.7 Å². The molecule has 0 saturated heterocycles. The first-order chi connectivity index (χ1) is 35.0. The summed E-state index contributed by atoms with van der Waals surface area (Å²) in [5, 5.41) is 45.8. The highest BCUT2D eigenvalue weighted by Gasteiger charge is 2.41. The van der Waals surface area contributed by atoms with Crippen LogP contribution in [0.4, 0.5) is 64.1 Å². The molecule has 0 aliphatic carbocycles. The van der Waals surface area contributed by atoms with Gasteiger partial charge in [0.15, 0.2) is 22.6 Å². The quantitative estimate of drug-likeness (QED) is 0.124. The number of hydrogen-bond donors (Lipinski definition) is 2. The zero-order chi connectivity index (χ0) is 53.1. The average Bonchev–Trinajstić information content (AvgIpc) is 4.00. The number of hydrogen-bond acceptors (Lipinski definition) is 8. The van der Waals surface area contributed by atoms with Crippen molar-refractivity contribution in [2.75, 3.05) is 10.6 Å². The molecule has 0 unspecified atom stereocenters. The smallest absolute Gasteiger partial charge is 0.416 e. The molecular formula is C54H24F12N6O2. The lowest BCUT2D eigenvalue weighted by atomic mass is 9.86. The van der Waals surface area contributed by atoms with Crippen molar-refractivity contribution in [3.05, 3.63) is 179 Å². The van der Waals surface area contributed by atoms with Gasteiger partial charge in [0.05, 0.1) is 44.8 Å². The van der Waals surface area contributed by atoms with Gasteiger partial charge in [0.2, 0.25) is 11.8 Å². The summed E-state index contributed by atoms with van der Waals surface area (Å²) >= 11 is 0. The topological polar surface area (TPSA) is 138 Å². The van der Waals surface area contributed by atoms with Crippen LogP contribution in [0.5, 0.6) is 11.5 Å². The van der Waals surface area contributed by atoms with Gasteiger partial charge in [0.25, 0.3) is 0 Å². The third-order valence-corrected chi connectivity index (χ3v) is 11.8. The van der Waals surface area contributed by atoms with Crippen molar-refractivity contribution in [3.8, 4) is 103 Å². The molecule has 0 saturated carbocycles. The molecule has 2 heterocycles. The monoisotopic (exact) mass is 1020 g/mol. The van der Waals surface area contributed by atoms with E-state index in [1.807, 2.05) is 0 Å². The van der Waals surface area contributed by atoms with Crippen LogP contribution in [-0.4, -0.2) is 0 Å². The predicted octanol–water partition coefficient (Wildman–Crippen LogP) is 15.9. The molecule has 74 heavy (non-hydrogen) atoms. The normalized spacial score (nSPS) is 12.9. The minimum Gasteiger partial charge on any atom is -0.436 e. The Bertz CT molecular complexity index is 3400. The number of allylic oxidation sites excluding steroid dienone is 2. The Morgan fingerprint density at radius 2 is 0.649 bits per heavy atom. The Labute approximate surface area is 410 Å². The SMILES string of the molecule is N#CC(C#N)=C1Nc2c(c(-c3ccccc3-c3cc(-c4ccc(C(F)(F)F)cc4)cc(C(F)(F)F)c3)c3c(c2-c2ccccc2-c2cc(-c4ccc(C(F)(F)F)cc4)cc(C(F)(F)F)c2)OC(=C(C#N)C#N)N3)O1. The lowest BCUT2D eigenvalue weighted by molar-refractivity contribution is -0.138. The molecule has 2 N–H and O–H groups in total. The van der Waals surface area contributed by atoms with Crippen molar-refractivity contribution in [1.29, 1.82) is 21.0 Å². The van der Waals surface area contributed by atoms with Crippen LogP contribution >= 0.6 is 0 Å². The van der Waals surface area contributed by atoms with E-state index < -0.39 is 69.9 Å². The number of ether oxygens (including phenoxy) is 2. The minimum absolute atomic E-state index is 0.0194. The molecule has 0 aromatic heterocycles. The standard InChI is InChI=1S/C54H24F12N6O2/c55-51(56,57)35-13-9-27(10-14-35)29-17-31(21-37(19-29)53(61,62)63)39-5-1-3-7-41(39)43-45-48(74-49(71-45)33(23-67)24-68)44(46-47(43)73-50(72-46)34(25-69)26-70)42-8-4-2-6-40(42)32-18-30(20-38(22-32)54(64,65)66)28-11-15-36(16-12-28)52(58,59)60/h1-22,71-72H. The van der Waals surface area contributed by atoms with Crippen LogP contribution in [0.3, 0.4) is 0 Å². The highest BCUT2D eigenvalue weighted by Crippen LogP contribution is 2.62. The summed E-state index contributed by atoms with van der Waals surface area (Å²) in [6.07, 6.45) is -19.5. The summed E-state index contributed by atoms with van der Waals surface area (Å²) in [6.45, 7) is 0. The highest BCUT2D eigenvalue weighted by molar-refractivity contribution is 6.09. The van der Waals surface area contributed by atoms with Gasteiger partial charge in [-0.1, -0.05) is 72.8 Å². The van der Waals surface area contributed by atoms with Gasteiger partial charge in [-0.3, -0.25) is 0 Å². The fourth-order valence-corrected chi connectivity index (χ4v) is 8.46. The summed E-state index contributed by atoms with van der Waals surface area (Å²) in [5.41, 5.74) is -6.78. The molecule has 2 aliphatic rings. The molecule has 2 aliphatic heterocycles. The van der Waals surface area contributed by atoms with Gasteiger partial charge in [-0.2, -0.15) is 73.7 Å². The van der Waals surface area contributed by atoms with Crippen LogP contribution < -0.4 is 20.1 Å². The molecule has 0 spiro atoms. The van der Waals surface area contributed by atoms with Crippen molar-refractivity contribution in [2.45, 2.75) is 24.7 Å². The van der Waals surface area contributed by atoms with Crippen LogP contribution in [0, 0.1) is 45.3 Å². The van der Waals surface area contributed by atoms with Crippen molar-refractivity contribution >= 4 is 11.4 Å². The van der Waals surface area contributed by atoms with Crippen LogP contribution in [-0.2, 0) is 24.7 Å². The fraction of sp³-hybridized carbons (Fsp3) is 0.0741. The van der Waals surface area contributed by atoms with Gasteiger partial charge in [-0.25, -0.2) is 0 Å². The zero-order valence-electron chi connectivity index (χ0n) is 36.8. The van der Waals surface area contributed by atoms with E-state index in [2.05, 4.69) is 10.6 Å². The third-order valence-electron chi connectivity index (χ3n) is 11.8. The van der Waals surface area contributed by atoms with Gasteiger partial charge in [0.1, 0.15) is 24.3 Å². The first-order valence-electron chi connectivity index (χ1n) is 21.2. The third kappa shape index (κ3) is 9.12. The van der Waals surface area contributed by atoms with Crippen molar-refractivity contribution < 1.29 is 62.2 Å². The fourth-order valence-electron chi connectivity index (χ4n) is 8.46. The number of nitriles is 4. The predicted molar refractivity (Wildman–Crippen MR) is 244 cm³/mol. The van der Waals surface area contributed by atoms with Gasteiger partial charge in [-0.15, -0.1) is 0 Å². The lowest BCUT2D eigenvalue weighted by Gasteiger charge is -2.21. The molecular weight excluding hydrogens is 993 g/mol. The molecule has 366 valence electrons. The second-order valence-electron chi connectivity index (χ2n) is 16.3. The summed E-state index contributed by atoms with van der Waals surface area (Å²) in [7, 11) is 0.